The van der Waals surface area contributed by atoms with Crippen LogP contribution in [-0.2, 0) is 48.8 Å². The van der Waals surface area contributed by atoms with Crippen LogP contribution in [0.2, 0.25) is 36.3 Å². The SMILES string of the molecule is C=C1C[C@H](CCC2OCCCO2)O[C@H]1CC[C@H]1C[C@H](C)C(=C)[C@@H](C[C@@H]2O[C@H](C[C@@H](CO[Si](C)(C)C(C)(C)C)O[Si](C)(C)C(C)(C)C)C[C@H]2CS(=O)(=O)c2ccc(CC)cc2)O1. The number of rotatable bonds is 19. The number of aryl methyl sites for hydroxylation is 1. The van der Waals surface area contributed by atoms with Crippen LogP contribution < -0.4 is 0 Å². The first kappa shape index (κ1) is 50.8. The molecule has 12 heteroatoms. The van der Waals surface area contributed by atoms with Crippen LogP contribution in [0.25, 0.3) is 0 Å². The molecule has 4 saturated heterocycles. The van der Waals surface area contributed by atoms with Gasteiger partial charge in [0.1, 0.15) is 0 Å². The molecule has 4 aliphatic heterocycles. The van der Waals surface area contributed by atoms with Crippen molar-refractivity contribution in [2.45, 2.75) is 216 Å². The van der Waals surface area contributed by atoms with E-state index in [9.17, 15) is 8.42 Å². The molecule has 0 radical (unpaired) electrons. The molecule has 0 N–H and O–H groups in total. The first-order chi connectivity index (χ1) is 28.4. The van der Waals surface area contributed by atoms with Crippen molar-refractivity contribution in [1.82, 2.24) is 0 Å². The van der Waals surface area contributed by atoms with Gasteiger partial charge in [-0.05, 0) is 122 Å². The van der Waals surface area contributed by atoms with Gasteiger partial charge in [-0.25, -0.2) is 8.42 Å². The summed E-state index contributed by atoms with van der Waals surface area (Å²) in [5.41, 5.74) is 3.34. The van der Waals surface area contributed by atoms with Gasteiger partial charge < -0.3 is 32.5 Å². The third kappa shape index (κ3) is 13.9. The second-order valence-electron chi connectivity index (χ2n) is 21.9. The third-order valence-corrected chi connectivity index (χ3v) is 25.8. The van der Waals surface area contributed by atoms with E-state index in [2.05, 4.69) is 94.7 Å². The summed E-state index contributed by atoms with van der Waals surface area (Å²) < 4.78 is 74.2. The zero-order valence-corrected chi connectivity index (χ0v) is 43.0. The Labute approximate surface area is 373 Å². The first-order valence-electron chi connectivity index (χ1n) is 23.6. The fraction of sp³-hybridized carbons (Fsp3) is 0.796. The smallest absolute Gasteiger partial charge is 0.192 e. The second-order valence-corrected chi connectivity index (χ2v) is 33.5. The summed E-state index contributed by atoms with van der Waals surface area (Å²) in [4.78, 5) is 0.370. The minimum atomic E-state index is -3.59. The van der Waals surface area contributed by atoms with E-state index in [-0.39, 0.29) is 76.7 Å². The van der Waals surface area contributed by atoms with E-state index in [1.165, 1.54) is 0 Å². The predicted octanol–water partition coefficient (Wildman–Crippen LogP) is 11.4. The average molecular weight is 905 g/mol. The van der Waals surface area contributed by atoms with Crippen LogP contribution in [0.1, 0.15) is 125 Å². The molecule has 4 heterocycles. The van der Waals surface area contributed by atoms with Gasteiger partial charge in [-0.2, -0.15) is 0 Å². The molecule has 0 spiro atoms. The molecule has 0 unspecified atom stereocenters. The molecule has 0 aromatic heterocycles. The summed E-state index contributed by atoms with van der Waals surface area (Å²) in [6.45, 7) is 38.1. The van der Waals surface area contributed by atoms with Gasteiger partial charge in [-0.15, -0.1) is 0 Å². The highest BCUT2D eigenvalue weighted by molar-refractivity contribution is 7.91. The lowest BCUT2D eigenvalue weighted by Gasteiger charge is -2.42. The number of hydrogen-bond acceptors (Lipinski definition) is 9. The van der Waals surface area contributed by atoms with E-state index in [0.29, 0.717) is 30.8 Å². The number of ether oxygens (including phenoxy) is 5. The second kappa shape index (κ2) is 21.0. The van der Waals surface area contributed by atoms with Crippen LogP contribution in [0, 0.1) is 11.8 Å². The lowest BCUT2D eigenvalue weighted by molar-refractivity contribution is -0.184. The molecule has 4 fully saturated rings. The minimum absolute atomic E-state index is 0.0164. The number of sulfone groups is 1. The van der Waals surface area contributed by atoms with Gasteiger partial charge in [-0.3, -0.25) is 0 Å². The van der Waals surface area contributed by atoms with Crippen molar-refractivity contribution in [3.8, 4) is 0 Å². The summed E-state index contributed by atoms with van der Waals surface area (Å²) in [5.74, 6) is 0.0817. The van der Waals surface area contributed by atoms with Crippen molar-refractivity contribution in [2.24, 2.45) is 11.8 Å². The maximum atomic E-state index is 14.1. The summed E-state index contributed by atoms with van der Waals surface area (Å²) >= 11 is 0. The van der Waals surface area contributed by atoms with Crippen LogP contribution >= 0.6 is 0 Å². The van der Waals surface area contributed by atoms with E-state index >= 15 is 0 Å². The Kier molecular flexibility index (Phi) is 17.5. The van der Waals surface area contributed by atoms with Crippen LogP contribution in [0.4, 0.5) is 0 Å². The van der Waals surface area contributed by atoms with Gasteiger partial charge in [-0.1, -0.05) is 80.7 Å². The maximum Gasteiger partial charge on any atom is 0.192 e. The van der Waals surface area contributed by atoms with Gasteiger partial charge in [0.05, 0.1) is 73.2 Å². The Bertz CT molecular complexity index is 1690. The summed E-state index contributed by atoms with van der Waals surface area (Å²) in [5, 5.41) is 0.0886. The molecule has 1 aromatic carbocycles. The van der Waals surface area contributed by atoms with Gasteiger partial charge in [0, 0.05) is 25.2 Å². The molecule has 0 bridgehead atoms. The molecule has 0 amide bonds. The minimum Gasteiger partial charge on any atom is -0.414 e. The average Bonchev–Trinajstić information content (AvgIpc) is 3.73. The Balaban J connectivity index is 1.29. The molecular formula is C49H84O9SSi2. The molecule has 0 saturated carbocycles. The van der Waals surface area contributed by atoms with Crippen molar-refractivity contribution in [1.29, 1.82) is 0 Å². The molecule has 61 heavy (non-hydrogen) atoms. The molecule has 4 aliphatic rings. The quantitative estimate of drug-likeness (QED) is 0.0992. The van der Waals surface area contributed by atoms with E-state index in [1.807, 2.05) is 12.1 Å². The Morgan fingerprint density at radius 1 is 0.803 bits per heavy atom. The van der Waals surface area contributed by atoms with Crippen molar-refractivity contribution >= 4 is 26.5 Å². The third-order valence-electron chi connectivity index (χ3n) is 15.0. The number of benzene rings is 1. The van der Waals surface area contributed by atoms with Crippen molar-refractivity contribution < 1.29 is 41.0 Å². The van der Waals surface area contributed by atoms with Crippen molar-refractivity contribution in [2.75, 3.05) is 25.6 Å². The zero-order chi connectivity index (χ0) is 45.0. The standard InChI is InChI=1S/C49H84O9SSi2/c1-15-37-17-21-43(22-18-37)59(50,51)33-38-29-41(30-42(58-61(13,14)49(8,9)10)32-54-60(11,12)48(5,6)7)57-46(38)31-45-36(4)34(2)27-39(56-45)19-23-44-35(3)28-40(55-44)20-24-47-52-25-16-26-53-47/h17-18,21-22,34,38-42,44-47H,3-4,15-16,19-20,23-33H2,1-2,5-14H3/t34-,38-,39-,40-,41-,42-,44-,45+,46-/m0/s1. The van der Waals surface area contributed by atoms with Crippen molar-refractivity contribution in [3.05, 3.63) is 54.1 Å². The van der Waals surface area contributed by atoms with Gasteiger partial charge in [0.2, 0.25) is 0 Å². The molecule has 5 rings (SSSR count). The van der Waals surface area contributed by atoms with Crippen LogP contribution in [-0.4, -0.2) is 99.6 Å². The first-order valence-corrected chi connectivity index (χ1v) is 31.0. The Morgan fingerprint density at radius 2 is 1.43 bits per heavy atom. The van der Waals surface area contributed by atoms with Gasteiger partial charge in [0.15, 0.2) is 32.8 Å². The van der Waals surface area contributed by atoms with Crippen LogP contribution in [0.3, 0.4) is 0 Å². The molecule has 348 valence electrons. The summed E-state index contributed by atoms with van der Waals surface area (Å²) in [7, 11) is -7.83. The molecule has 0 aliphatic carbocycles. The van der Waals surface area contributed by atoms with Gasteiger partial charge >= 0.3 is 0 Å². The maximum absolute atomic E-state index is 14.1. The zero-order valence-electron chi connectivity index (χ0n) is 40.2. The van der Waals surface area contributed by atoms with E-state index in [4.69, 9.17) is 32.5 Å². The molecule has 9 nitrogen and oxygen atoms in total. The number of hydrogen-bond donors (Lipinski definition) is 0. The highest BCUT2D eigenvalue weighted by atomic mass is 32.2. The summed E-state index contributed by atoms with van der Waals surface area (Å²) in [6.07, 6.45) is 8.07. The summed E-state index contributed by atoms with van der Waals surface area (Å²) in [6, 6.07) is 7.39. The Morgan fingerprint density at radius 3 is 2.05 bits per heavy atom. The lowest BCUT2D eigenvalue weighted by atomic mass is 9.83. The predicted molar refractivity (Wildman–Crippen MR) is 252 cm³/mol. The monoisotopic (exact) mass is 905 g/mol. The van der Waals surface area contributed by atoms with E-state index in [1.54, 1.807) is 12.1 Å². The van der Waals surface area contributed by atoms with Crippen molar-refractivity contribution in [3.63, 3.8) is 0 Å². The molecular weight excluding hydrogens is 821 g/mol. The molecule has 1 aromatic rings. The fourth-order valence-electron chi connectivity index (χ4n) is 8.79. The highest BCUT2D eigenvalue weighted by Gasteiger charge is 2.46. The van der Waals surface area contributed by atoms with E-state index in [0.717, 1.165) is 81.3 Å². The Hall–Kier alpha value is -1.20. The highest BCUT2D eigenvalue weighted by Crippen LogP contribution is 2.43. The van der Waals surface area contributed by atoms with Crippen LogP contribution in [0.5, 0.6) is 0 Å². The van der Waals surface area contributed by atoms with E-state index < -0.39 is 26.5 Å². The molecule has 9 atom stereocenters. The lowest BCUT2D eigenvalue weighted by Crippen LogP contribution is -2.48. The topological polar surface area (TPSA) is 98.8 Å². The fourth-order valence-corrected chi connectivity index (χ4v) is 12.8. The largest absolute Gasteiger partial charge is 0.414 e. The normalized spacial score (nSPS) is 29.4. The van der Waals surface area contributed by atoms with Crippen LogP contribution in [0.15, 0.2) is 53.5 Å². The van der Waals surface area contributed by atoms with Gasteiger partial charge in [0.25, 0.3) is 0 Å².